The summed E-state index contributed by atoms with van der Waals surface area (Å²) >= 11 is 6.17. The maximum atomic E-state index is 14.4. The van der Waals surface area contributed by atoms with Crippen molar-refractivity contribution in [2.24, 2.45) is 7.05 Å². The molecule has 3 rings (SSSR count). The van der Waals surface area contributed by atoms with Gasteiger partial charge in [0.25, 0.3) is 0 Å². The Morgan fingerprint density at radius 3 is 2.96 bits per heavy atom. The third-order valence-corrected chi connectivity index (χ3v) is 3.76. The number of carbonyl (C=O) groups is 1. The fourth-order valence-electron chi connectivity index (χ4n) is 2.26. The molecule has 0 unspecified atom stereocenters. The van der Waals surface area contributed by atoms with Crippen LogP contribution in [-0.2, 0) is 18.4 Å². The number of carbonyl (C=O) groups excluding carboxylic acids is 1. The van der Waals surface area contributed by atoms with Crippen LogP contribution in [0.3, 0.4) is 0 Å². The molecule has 0 radical (unpaired) electrons. The van der Waals surface area contributed by atoms with Crippen LogP contribution in [0.4, 0.5) is 16.0 Å². The smallest absolute Gasteiger partial charge is 0.227 e. The second kappa shape index (κ2) is 7.27. The summed E-state index contributed by atoms with van der Waals surface area (Å²) in [5, 5.41) is 9.84. The van der Waals surface area contributed by atoms with Crippen LogP contribution in [0.25, 0.3) is 11.3 Å². The van der Waals surface area contributed by atoms with Gasteiger partial charge in [0.1, 0.15) is 5.82 Å². The molecule has 128 valence electrons. The molecule has 2 N–H and O–H groups in total. The molecule has 1 aromatic carbocycles. The number of rotatable bonds is 6. The van der Waals surface area contributed by atoms with Gasteiger partial charge < -0.3 is 10.6 Å². The Labute approximate surface area is 147 Å². The van der Waals surface area contributed by atoms with Crippen LogP contribution in [0.5, 0.6) is 0 Å². The highest BCUT2D eigenvalue weighted by atomic mass is 35.5. The zero-order valence-electron chi connectivity index (χ0n) is 13.2. The average Bonchev–Trinajstić information content (AvgIpc) is 3.00. The van der Waals surface area contributed by atoms with E-state index in [0.717, 1.165) is 0 Å². The molecule has 0 saturated carbocycles. The van der Waals surface area contributed by atoms with Crippen LogP contribution >= 0.6 is 11.6 Å². The van der Waals surface area contributed by atoms with E-state index in [1.165, 1.54) is 18.3 Å². The van der Waals surface area contributed by atoms with Gasteiger partial charge in [-0.2, -0.15) is 5.10 Å². The molecule has 2 aromatic heterocycles. The second-order valence-corrected chi connectivity index (χ2v) is 5.62. The zero-order chi connectivity index (χ0) is 17.8. The monoisotopic (exact) mass is 360 g/mol. The first kappa shape index (κ1) is 16.8. The van der Waals surface area contributed by atoms with E-state index in [-0.39, 0.29) is 12.1 Å². The number of aromatic nitrogens is 4. The maximum absolute atomic E-state index is 14.4. The minimum absolute atomic E-state index is 0.150. The number of hydrogen-bond donors (Lipinski definition) is 2. The van der Waals surface area contributed by atoms with E-state index in [9.17, 15) is 9.18 Å². The Balaban J connectivity index is 1.90. The largest absolute Gasteiger partial charge is 0.355 e. The van der Waals surface area contributed by atoms with Gasteiger partial charge in [-0.1, -0.05) is 11.6 Å². The van der Waals surface area contributed by atoms with Gasteiger partial charge in [0.2, 0.25) is 12.4 Å². The van der Waals surface area contributed by atoms with Crippen molar-refractivity contribution in [1.82, 2.24) is 25.1 Å². The summed E-state index contributed by atoms with van der Waals surface area (Å²) in [6.45, 7) is 0.150. The van der Waals surface area contributed by atoms with Crippen LogP contribution in [0.1, 0.15) is 5.56 Å². The van der Waals surface area contributed by atoms with Crippen molar-refractivity contribution in [3.8, 4) is 11.3 Å². The number of aryl methyl sites for hydroxylation is 1. The molecule has 2 heterocycles. The van der Waals surface area contributed by atoms with Crippen LogP contribution < -0.4 is 10.6 Å². The predicted octanol–water partition coefficient (Wildman–Crippen LogP) is 2.66. The Morgan fingerprint density at radius 2 is 2.24 bits per heavy atom. The molecule has 9 heteroatoms. The van der Waals surface area contributed by atoms with Crippen molar-refractivity contribution in [2.45, 2.75) is 6.54 Å². The first-order valence-corrected chi connectivity index (χ1v) is 7.68. The van der Waals surface area contributed by atoms with E-state index in [4.69, 9.17) is 11.6 Å². The summed E-state index contributed by atoms with van der Waals surface area (Å²) < 4.78 is 16.1. The summed E-state index contributed by atoms with van der Waals surface area (Å²) in [4.78, 5) is 18.8. The molecule has 0 bridgehead atoms. The summed E-state index contributed by atoms with van der Waals surface area (Å²) in [6, 6.07) is 4.35. The van der Waals surface area contributed by atoms with Crippen molar-refractivity contribution in [3.63, 3.8) is 0 Å². The maximum Gasteiger partial charge on any atom is 0.227 e. The van der Waals surface area contributed by atoms with Gasteiger partial charge in [0, 0.05) is 36.6 Å². The van der Waals surface area contributed by atoms with E-state index in [1.807, 2.05) is 0 Å². The average molecular weight is 361 g/mol. The van der Waals surface area contributed by atoms with Crippen molar-refractivity contribution in [3.05, 3.63) is 53.2 Å². The lowest BCUT2D eigenvalue weighted by atomic mass is 10.1. The first-order valence-electron chi connectivity index (χ1n) is 7.31. The lowest BCUT2D eigenvalue weighted by Crippen LogP contribution is -2.10. The Kier molecular flexibility index (Phi) is 4.90. The molecule has 0 aliphatic heterocycles. The van der Waals surface area contributed by atoms with Gasteiger partial charge in [0.15, 0.2) is 0 Å². The van der Waals surface area contributed by atoms with Crippen LogP contribution in [0, 0.1) is 5.82 Å². The molecule has 1 amide bonds. The standard InChI is InChI=1S/C16H14ClFN6O/c1-24-8-11(7-21-24)22-16-20-3-2-15(23-16)12-5-13(17)10(4-14(12)18)6-19-9-25/h2-5,7-9H,6H2,1H3,(H,19,25)(H,20,22,23). The van der Waals surface area contributed by atoms with Crippen molar-refractivity contribution < 1.29 is 9.18 Å². The minimum atomic E-state index is -0.488. The normalized spacial score (nSPS) is 10.5. The van der Waals surface area contributed by atoms with Gasteiger partial charge in [-0.25, -0.2) is 14.4 Å². The van der Waals surface area contributed by atoms with Gasteiger partial charge in [-0.05, 0) is 23.8 Å². The van der Waals surface area contributed by atoms with Gasteiger partial charge in [0.05, 0.1) is 17.6 Å². The molecule has 3 aromatic rings. The highest BCUT2D eigenvalue weighted by Gasteiger charge is 2.12. The number of benzene rings is 1. The van der Waals surface area contributed by atoms with Crippen molar-refractivity contribution >= 4 is 29.6 Å². The Morgan fingerprint density at radius 1 is 1.40 bits per heavy atom. The molecule has 7 nitrogen and oxygen atoms in total. The number of halogens is 2. The molecule has 0 spiro atoms. The van der Waals surface area contributed by atoms with Crippen molar-refractivity contribution in [2.75, 3.05) is 5.32 Å². The van der Waals surface area contributed by atoms with Crippen LogP contribution in [0.15, 0.2) is 36.8 Å². The van der Waals surface area contributed by atoms with E-state index in [0.29, 0.717) is 34.3 Å². The Hall–Kier alpha value is -3.00. The number of anilines is 2. The predicted molar refractivity (Wildman–Crippen MR) is 91.8 cm³/mol. The van der Waals surface area contributed by atoms with E-state index in [2.05, 4.69) is 25.7 Å². The Bertz CT molecular complexity index is 913. The van der Waals surface area contributed by atoms with Crippen LogP contribution in [-0.4, -0.2) is 26.2 Å². The molecule has 0 atom stereocenters. The highest BCUT2D eigenvalue weighted by Crippen LogP contribution is 2.28. The third kappa shape index (κ3) is 3.92. The fraction of sp³-hybridized carbons (Fsp3) is 0.125. The lowest BCUT2D eigenvalue weighted by molar-refractivity contribution is -0.109. The lowest BCUT2D eigenvalue weighted by Gasteiger charge is -2.09. The quantitative estimate of drug-likeness (QED) is 0.660. The second-order valence-electron chi connectivity index (χ2n) is 5.22. The molecule has 25 heavy (non-hydrogen) atoms. The zero-order valence-corrected chi connectivity index (χ0v) is 14.0. The summed E-state index contributed by atoms with van der Waals surface area (Å²) in [5.41, 5.74) is 1.83. The number of nitrogens with zero attached hydrogens (tertiary/aromatic N) is 4. The van der Waals surface area contributed by atoms with E-state index in [1.54, 1.807) is 30.2 Å². The molecular weight excluding hydrogens is 347 g/mol. The fourth-order valence-corrected chi connectivity index (χ4v) is 2.49. The molecule has 0 aliphatic rings. The summed E-state index contributed by atoms with van der Waals surface area (Å²) in [7, 11) is 1.79. The highest BCUT2D eigenvalue weighted by molar-refractivity contribution is 6.31. The third-order valence-electron chi connectivity index (χ3n) is 3.40. The summed E-state index contributed by atoms with van der Waals surface area (Å²) in [5.74, 6) is -0.175. The van der Waals surface area contributed by atoms with Gasteiger partial charge >= 0.3 is 0 Å². The number of nitrogens with one attached hydrogen (secondary N) is 2. The first-order chi connectivity index (χ1) is 12.1. The molecule has 0 saturated heterocycles. The molecule has 0 fully saturated rings. The van der Waals surface area contributed by atoms with Crippen molar-refractivity contribution in [1.29, 1.82) is 0 Å². The SMILES string of the molecule is Cn1cc(Nc2nccc(-c3cc(Cl)c(CNC=O)cc3F)n2)cn1. The molecule has 0 aliphatic carbocycles. The summed E-state index contributed by atoms with van der Waals surface area (Å²) in [6.07, 6.45) is 5.45. The number of amides is 1. The van der Waals surface area contributed by atoms with E-state index >= 15 is 0 Å². The molecular formula is C16H14ClFN6O. The van der Waals surface area contributed by atoms with Crippen LogP contribution in [0.2, 0.25) is 5.02 Å². The van der Waals surface area contributed by atoms with Gasteiger partial charge in [-0.15, -0.1) is 0 Å². The topological polar surface area (TPSA) is 84.7 Å². The minimum Gasteiger partial charge on any atom is -0.355 e. The van der Waals surface area contributed by atoms with Gasteiger partial charge in [-0.3, -0.25) is 9.48 Å². The van der Waals surface area contributed by atoms with E-state index < -0.39 is 5.82 Å². The number of hydrogen-bond acceptors (Lipinski definition) is 5.